The van der Waals surface area contributed by atoms with Gasteiger partial charge in [0.1, 0.15) is 0 Å². The molecule has 2 aromatic carbocycles. The molecule has 0 saturated carbocycles. The average molecular weight is 354 g/mol. The van der Waals surface area contributed by atoms with Crippen molar-refractivity contribution < 1.29 is 19.1 Å². The van der Waals surface area contributed by atoms with Gasteiger partial charge in [-0.3, -0.25) is 14.4 Å². The predicted molar refractivity (Wildman–Crippen MR) is 98.1 cm³/mol. The minimum Gasteiger partial charge on any atom is -0.465 e. The van der Waals surface area contributed by atoms with Crippen molar-refractivity contribution in [1.82, 2.24) is 0 Å². The predicted octanol–water partition coefficient (Wildman–Crippen LogP) is 2.72. The first-order valence-corrected chi connectivity index (χ1v) is 8.83. The van der Waals surface area contributed by atoms with Crippen LogP contribution in [0.2, 0.25) is 0 Å². The van der Waals surface area contributed by atoms with Crippen LogP contribution in [-0.4, -0.2) is 25.2 Å². The molecule has 0 bridgehead atoms. The first-order valence-electron chi connectivity index (χ1n) is 8.83. The van der Waals surface area contributed by atoms with Gasteiger partial charge in [0.15, 0.2) is 10.8 Å². The van der Waals surface area contributed by atoms with Crippen LogP contribution in [0.25, 0.3) is 10.8 Å². The second kappa shape index (κ2) is 6.90. The Labute approximate surface area is 151 Å². The normalized spacial score (nSPS) is 14.7. The Morgan fingerprint density at radius 2 is 1.65 bits per heavy atom. The van der Waals surface area contributed by atoms with E-state index >= 15 is 0 Å². The van der Waals surface area contributed by atoms with Gasteiger partial charge in [-0.2, -0.15) is 0 Å². The lowest BCUT2D eigenvalue weighted by atomic mass is 9.84. The van der Waals surface area contributed by atoms with Crippen LogP contribution in [0.1, 0.15) is 30.5 Å². The topological polar surface area (TPSA) is 69.7 Å². The van der Waals surface area contributed by atoms with Gasteiger partial charge in [-0.05, 0) is 43.7 Å². The van der Waals surface area contributed by atoms with E-state index in [4.69, 9.17) is 9.47 Å². The number of benzene rings is 1. The molecular formula is C21H22O5. The summed E-state index contributed by atoms with van der Waals surface area (Å²) in [5.74, 6) is -1.18. The van der Waals surface area contributed by atoms with Gasteiger partial charge < -0.3 is 9.47 Å². The van der Waals surface area contributed by atoms with Crippen LogP contribution in [-0.2, 0) is 31.9 Å². The summed E-state index contributed by atoms with van der Waals surface area (Å²) in [4.78, 5) is 38.2. The molecule has 0 unspecified atom stereocenters. The number of carbonyl (C=O) groups is 2. The fraction of sp³-hybridized carbons (Fsp3) is 0.381. The van der Waals surface area contributed by atoms with E-state index < -0.39 is 17.4 Å². The first-order chi connectivity index (χ1) is 12.4. The Balaban J connectivity index is 2.21. The lowest BCUT2D eigenvalue weighted by Gasteiger charge is -2.24. The van der Waals surface area contributed by atoms with E-state index in [0.29, 0.717) is 10.9 Å². The van der Waals surface area contributed by atoms with Gasteiger partial charge in [-0.15, -0.1) is 0 Å². The van der Waals surface area contributed by atoms with Crippen molar-refractivity contribution in [2.45, 2.75) is 33.6 Å². The van der Waals surface area contributed by atoms with Crippen LogP contribution in [0.3, 0.4) is 0 Å². The number of carbonyl (C=O) groups excluding carboxylic acids is 2. The standard InChI is InChI=1S/C21H22O5/c1-4-25-19(23)21(20(24)26-5-2)11-15-10-14-8-6-7-9-16(14)18(22)13(3)17(15)12-21/h6-10H,4-5,11-12H2,1-3H3. The summed E-state index contributed by atoms with van der Waals surface area (Å²) in [7, 11) is 0. The molecule has 0 aromatic heterocycles. The highest BCUT2D eigenvalue weighted by atomic mass is 16.6. The number of esters is 2. The van der Waals surface area contributed by atoms with Gasteiger partial charge in [0.05, 0.1) is 13.2 Å². The number of hydrogen-bond acceptors (Lipinski definition) is 5. The van der Waals surface area contributed by atoms with E-state index in [1.807, 2.05) is 24.3 Å². The Hall–Kier alpha value is -2.69. The molecule has 26 heavy (non-hydrogen) atoms. The molecular weight excluding hydrogens is 332 g/mol. The maximum absolute atomic E-state index is 12.9. The van der Waals surface area contributed by atoms with E-state index in [0.717, 1.165) is 16.5 Å². The Morgan fingerprint density at radius 3 is 2.27 bits per heavy atom. The van der Waals surface area contributed by atoms with Gasteiger partial charge >= 0.3 is 11.9 Å². The zero-order valence-electron chi connectivity index (χ0n) is 15.3. The third-order valence-corrected chi connectivity index (χ3v) is 5.02. The molecule has 0 N–H and O–H groups in total. The van der Waals surface area contributed by atoms with Crippen LogP contribution in [0.15, 0.2) is 35.1 Å². The summed E-state index contributed by atoms with van der Waals surface area (Å²) in [5.41, 5.74) is 0.636. The summed E-state index contributed by atoms with van der Waals surface area (Å²) in [6.07, 6.45) is 0.307. The second-order valence-corrected chi connectivity index (χ2v) is 6.57. The summed E-state index contributed by atoms with van der Waals surface area (Å²) in [6.45, 7) is 5.51. The smallest absolute Gasteiger partial charge is 0.324 e. The van der Waals surface area contributed by atoms with Crippen molar-refractivity contribution in [3.05, 3.63) is 57.2 Å². The molecule has 1 aliphatic rings. The van der Waals surface area contributed by atoms with Crippen LogP contribution in [0, 0.1) is 12.3 Å². The molecule has 136 valence electrons. The SMILES string of the molecule is CCOC(=O)C1(C(=O)OCC)Cc2cc3ccccc3c(=O)c(C)c2C1. The van der Waals surface area contributed by atoms with Crippen LogP contribution < -0.4 is 5.43 Å². The Kier molecular flexibility index (Phi) is 4.81. The molecule has 3 rings (SSSR count). The van der Waals surface area contributed by atoms with Gasteiger partial charge in [-0.25, -0.2) is 0 Å². The van der Waals surface area contributed by atoms with Crippen molar-refractivity contribution in [1.29, 1.82) is 0 Å². The van der Waals surface area contributed by atoms with Crippen molar-refractivity contribution in [2.75, 3.05) is 13.2 Å². The molecule has 0 aliphatic heterocycles. The molecule has 0 radical (unpaired) electrons. The van der Waals surface area contributed by atoms with Crippen molar-refractivity contribution in [3.8, 4) is 0 Å². The molecule has 0 saturated heterocycles. The molecule has 0 atom stereocenters. The number of rotatable bonds is 4. The molecule has 0 fully saturated rings. The monoisotopic (exact) mass is 354 g/mol. The highest BCUT2D eigenvalue weighted by Crippen LogP contribution is 2.40. The number of fused-ring (bicyclic) bond motifs is 2. The van der Waals surface area contributed by atoms with Crippen molar-refractivity contribution >= 4 is 22.7 Å². The number of hydrogen-bond donors (Lipinski definition) is 0. The maximum Gasteiger partial charge on any atom is 0.324 e. The van der Waals surface area contributed by atoms with E-state index in [-0.39, 0.29) is 31.5 Å². The largest absolute Gasteiger partial charge is 0.465 e. The van der Waals surface area contributed by atoms with Gasteiger partial charge in [-0.1, -0.05) is 30.3 Å². The zero-order chi connectivity index (χ0) is 18.9. The lowest BCUT2D eigenvalue weighted by molar-refractivity contribution is -0.171. The zero-order valence-corrected chi connectivity index (χ0v) is 15.3. The van der Waals surface area contributed by atoms with Crippen molar-refractivity contribution in [3.63, 3.8) is 0 Å². The van der Waals surface area contributed by atoms with E-state index in [1.165, 1.54) is 0 Å². The van der Waals surface area contributed by atoms with Crippen LogP contribution in [0.5, 0.6) is 0 Å². The van der Waals surface area contributed by atoms with E-state index in [9.17, 15) is 14.4 Å². The van der Waals surface area contributed by atoms with Gasteiger partial charge in [0, 0.05) is 17.4 Å². The lowest BCUT2D eigenvalue weighted by Crippen LogP contribution is -2.43. The molecule has 0 amide bonds. The Morgan fingerprint density at radius 1 is 1.04 bits per heavy atom. The second-order valence-electron chi connectivity index (χ2n) is 6.57. The molecule has 5 nitrogen and oxygen atoms in total. The Bertz CT molecular complexity index is 927. The molecule has 0 spiro atoms. The summed E-state index contributed by atoms with van der Waals surface area (Å²) >= 11 is 0. The highest BCUT2D eigenvalue weighted by Gasteiger charge is 2.53. The molecule has 0 heterocycles. The summed E-state index contributed by atoms with van der Waals surface area (Å²) < 4.78 is 10.4. The van der Waals surface area contributed by atoms with Gasteiger partial charge in [0.25, 0.3) is 0 Å². The van der Waals surface area contributed by atoms with Crippen molar-refractivity contribution in [2.24, 2.45) is 5.41 Å². The number of ether oxygens (including phenoxy) is 2. The quantitative estimate of drug-likeness (QED) is 0.624. The van der Waals surface area contributed by atoms with Crippen LogP contribution in [0.4, 0.5) is 0 Å². The molecule has 5 heteroatoms. The fourth-order valence-corrected chi connectivity index (χ4v) is 3.69. The minimum absolute atomic E-state index is 0.0784. The minimum atomic E-state index is -1.42. The molecule has 2 aromatic rings. The van der Waals surface area contributed by atoms with E-state index in [1.54, 1.807) is 26.8 Å². The fourth-order valence-electron chi connectivity index (χ4n) is 3.69. The maximum atomic E-state index is 12.9. The average Bonchev–Trinajstić information content (AvgIpc) is 2.98. The third-order valence-electron chi connectivity index (χ3n) is 5.02. The molecule has 1 aliphatic carbocycles. The van der Waals surface area contributed by atoms with E-state index in [2.05, 4.69) is 0 Å². The third kappa shape index (κ3) is 2.77. The highest BCUT2D eigenvalue weighted by molar-refractivity contribution is 6.02. The summed E-state index contributed by atoms with van der Waals surface area (Å²) in [5, 5.41) is 1.43. The summed E-state index contributed by atoms with van der Waals surface area (Å²) in [6, 6.07) is 9.26. The first kappa shape index (κ1) is 18.1. The van der Waals surface area contributed by atoms with Crippen LogP contribution >= 0.6 is 0 Å². The van der Waals surface area contributed by atoms with Gasteiger partial charge in [0.2, 0.25) is 0 Å².